The van der Waals surface area contributed by atoms with E-state index < -0.39 is 17.4 Å². The van der Waals surface area contributed by atoms with Crippen LogP contribution in [0.15, 0.2) is 0 Å². The molecule has 10 heteroatoms. The molecule has 0 radical (unpaired) electrons. The molecular weight excluding hydrogens is 307 g/mol. The van der Waals surface area contributed by atoms with E-state index in [4.69, 9.17) is 0 Å². The Labute approximate surface area is 122 Å². The van der Waals surface area contributed by atoms with Crippen molar-refractivity contribution in [1.29, 1.82) is 0 Å². The maximum Gasteiger partial charge on any atom is 0.453 e. The lowest BCUT2D eigenvalue weighted by Crippen LogP contribution is -2.35. The van der Waals surface area contributed by atoms with Crippen molar-refractivity contribution in [3.63, 3.8) is 0 Å². The zero-order chi connectivity index (χ0) is 15.8. The molecule has 0 bridgehead atoms. The molecule has 1 amide bonds. The van der Waals surface area contributed by atoms with Gasteiger partial charge in [-0.1, -0.05) is 32.1 Å². The number of carbonyl (C=O) groups excluding carboxylic acids is 1. The van der Waals surface area contributed by atoms with Crippen molar-refractivity contribution < 1.29 is 18.0 Å². The average molecular weight is 321 g/mol. The fourth-order valence-corrected chi connectivity index (χ4v) is 2.32. The summed E-state index contributed by atoms with van der Waals surface area (Å²) >= 11 is 1.02. The van der Waals surface area contributed by atoms with Gasteiger partial charge < -0.3 is 5.32 Å². The Morgan fingerprint density at radius 1 is 1.29 bits per heavy atom. The quantitative estimate of drug-likeness (QED) is 0.937. The first-order chi connectivity index (χ1) is 9.59. The minimum atomic E-state index is -4.59. The third kappa shape index (κ3) is 3.49. The maximum absolute atomic E-state index is 12.6. The predicted octanol–water partition coefficient (Wildman–Crippen LogP) is 1.91. The Bertz CT molecular complexity index is 655. The minimum absolute atomic E-state index is 0.0828. The lowest BCUT2D eigenvalue weighted by molar-refractivity contribution is -0.146. The van der Waals surface area contributed by atoms with E-state index in [1.54, 1.807) is 20.8 Å². The van der Waals surface area contributed by atoms with Gasteiger partial charge in [0.15, 0.2) is 0 Å². The molecule has 2 heterocycles. The molecule has 0 aromatic carbocycles. The summed E-state index contributed by atoms with van der Waals surface area (Å²) in [7, 11) is 0. The van der Waals surface area contributed by atoms with Crippen LogP contribution < -0.4 is 5.32 Å². The summed E-state index contributed by atoms with van der Waals surface area (Å²) in [5.74, 6) is -1.26. The van der Waals surface area contributed by atoms with E-state index in [0.29, 0.717) is 22.5 Å². The first kappa shape index (κ1) is 15.7. The van der Waals surface area contributed by atoms with Gasteiger partial charge in [-0.3, -0.25) is 4.79 Å². The average Bonchev–Trinajstić information content (AvgIpc) is 2.84. The SMILES string of the molecule is CC(C)(C)C(=O)NCCc1nn2c(C(F)(F)F)nnc2s1. The maximum atomic E-state index is 12.6. The Morgan fingerprint density at radius 3 is 2.52 bits per heavy atom. The van der Waals surface area contributed by atoms with Crippen molar-refractivity contribution in [3.8, 4) is 0 Å². The lowest BCUT2D eigenvalue weighted by Gasteiger charge is -2.17. The molecule has 1 N–H and O–H groups in total. The van der Waals surface area contributed by atoms with Crippen molar-refractivity contribution in [1.82, 2.24) is 25.1 Å². The van der Waals surface area contributed by atoms with Gasteiger partial charge in [0, 0.05) is 18.4 Å². The van der Waals surface area contributed by atoms with E-state index in [9.17, 15) is 18.0 Å². The molecule has 2 aromatic rings. The highest BCUT2D eigenvalue weighted by Gasteiger charge is 2.38. The van der Waals surface area contributed by atoms with Gasteiger partial charge in [-0.2, -0.15) is 22.8 Å². The fourth-order valence-electron chi connectivity index (χ4n) is 1.48. The van der Waals surface area contributed by atoms with Gasteiger partial charge in [0.25, 0.3) is 5.82 Å². The number of nitrogens with one attached hydrogen (secondary N) is 1. The number of amides is 1. The summed E-state index contributed by atoms with van der Waals surface area (Å²) < 4.78 is 38.6. The number of nitrogens with zero attached hydrogens (tertiary/aromatic N) is 4. The third-order valence-electron chi connectivity index (χ3n) is 2.59. The first-order valence-electron chi connectivity index (χ1n) is 6.15. The molecule has 0 spiro atoms. The molecular formula is C11H14F3N5OS. The van der Waals surface area contributed by atoms with E-state index in [1.165, 1.54) is 0 Å². The molecule has 0 saturated heterocycles. The van der Waals surface area contributed by atoms with Crippen LogP contribution in [0.2, 0.25) is 0 Å². The highest BCUT2D eigenvalue weighted by molar-refractivity contribution is 7.16. The van der Waals surface area contributed by atoms with Crippen LogP contribution >= 0.6 is 11.3 Å². The summed E-state index contributed by atoms with van der Waals surface area (Å²) in [6.07, 6.45) is -4.25. The summed E-state index contributed by atoms with van der Waals surface area (Å²) in [5, 5.41) is 13.5. The van der Waals surface area contributed by atoms with E-state index in [2.05, 4.69) is 20.6 Å². The molecule has 0 unspecified atom stereocenters. The van der Waals surface area contributed by atoms with Crippen molar-refractivity contribution in [2.24, 2.45) is 5.41 Å². The second-order valence-corrected chi connectivity index (χ2v) is 6.51. The Morgan fingerprint density at radius 2 is 1.95 bits per heavy atom. The molecule has 0 saturated carbocycles. The molecule has 0 atom stereocenters. The van der Waals surface area contributed by atoms with Crippen LogP contribution in [0.4, 0.5) is 13.2 Å². The van der Waals surface area contributed by atoms with Crippen LogP contribution in [0.3, 0.4) is 0 Å². The molecule has 2 rings (SSSR count). The summed E-state index contributed by atoms with van der Waals surface area (Å²) in [6, 6.07) is 0. The molecule has 2 aromatic heterocycles. The second kappa shape index (κ2) is 5.24. The molecule has 0 aliphatic rings. The third-order valence-corrected chi connectivity index (χ3v) is 3.55. The molecule has 21 heavy (non-hydrogen) atoms. The zero-order valence-electron chi connectivity index (χ0n) is 11.7. The number of halogens is 3. The summed E-state index contributed by atoms with van der Waals surface area (Å²) in [6.45, 7) is 5.64. The predicted molar refractivity (Wildman–Crippen MR) is 69.8 cm³/mol. The minimum Gasteiger partial charge on any atom is -0.355 e. The number of rotatable bonds is 3. The standard InChI is InChI=1S/C11H14F3N5OS/c1-10(2,3)8(20)15-5-4-6-18-19-7(11(12,13)14)16-17-9(19)21-6/h4-5H2,1-3H3,(H,15,20). The van der Waals surface area contributed by atoms with Crippen molar-refractivity contribution in [3.05, 3.63) is 10.8 Å². The summed E-state index contributed by atoms with van der Waals surface area (Å²) in [5.41, 5.74) is -0.509. The highest BCUT2D eigenvalue weighted by atomic mass is 32.1. The van der Waals surface area contributed by atoms with Gasteiger partial charge in [0.1, 0.15) is 5.01 Å². The molecule has 0 aliphatic heterocycles. The summed E-state index contributed by atoms with van der Waals surface area (Å²) in [4.78, 5) is 11.7. The van der Waals surface area contributed by atoms with E-state index in [-0.39, 0.29) is 10.9 Å². The number of hydrogen-bond donors (Lipinski definition) is 1. The highest BCUT2D eigenvalue weighted by Crippen LogP contribution is 2.28. The number of carbonyl (C=O) groups is 1. The monoisotopic (exact) mass is 321 g/mol. The number of hydrogen-bond acceptors (Lipinski definition) is 5. The first-order valence-corrected chi connectivity index (χ1v) is 6.97. The van der Waals surface area contributed by atoms with Crippen LogP contribution in [0.25, 0.3) is 4.96 Å². The fraction of sp³-hybridized carbons (Fsp3) is 0.636. The van der Waals surface area contributed by atoms with Gasteiger partial charge in [-0.05, 0) is 0 Å². The van der Waals surface area contributed by atoms with Crippen LogP contribution in [0, 0.1) is 5.41 Å². The van der Waals surface area contributed by atoms with Crippen molar-refractivity contribution in [2.75, 3.05) is 6.54 Å². The van der Waals surface area contributed by atoms with E-state index in [1.807, 2.05) is 0 Å². The molecule has 0 fully saturated rings. The van der Waals surface area contributed by atoms with Gasteiger partial charge in [-0.25, -0.2) is 0 Å². The second-order valence-electron chi connectivity index (χ2n) is 5.47. The van der Waals surface area contributed by atoms with E-state index in [0.717, 1.165) is 11.3 Å². The normalized spacial score (nSPS) is 12.9. The van der Waals surface area contributed by atoms with Gasteiger partial charge in [0.2, 0.25) is 10.9 Å². The van der Waals surface area contributed by atoms with Crippen LogP contribution in [0.5, 0.6) is 0 Å². The Balaban J connectivity index is 2.04. The van der Waals surface area contributed by atoms with Gasteiger partial charge >= 0.3 is 6.18 Å². The largest absolute Gasteiger partial charge is 0.453 e. The number of fused-ring (bicyclic) bond motifs is 1. The number of alkyl halides is 3. The van der Waals surface area contributed by atoms with Crippen molar-refractivity contribution in [2.45, 2.75) is 33.4 Å². The molecule has 116 valence electrons. The Hall–Kier alpha value is -1.71. The van der Waals surface area contributed by atoms with Crippen molar-refractivity contribution >= 4 is 22.2 Å². The molecule has 0 aliphatic carbocycles. The smallest absolute Gasteiger partial charge is 0.355 e. The van der Waals surface area contributed by atoms with Crippen LogP contribution in [-0.4, -0.2) is 32.3 Å². The van der Waals surface area contributed by atoms with Crippen LogP contribution in [-0.2, 0) is 17.4 Å². The van der Waals surface area contributed by atoms with Gasteiger partial charge in [-0.15, -0.1) is 10.2 Å². The van der Waals surface area contributed by atoms with E-state index >= 15 is 0 Å². The van der Waals surface area contributed by atoms with Gasteiger partial charge in [0.05, 0.1) is 0 Å². The lowest BCUT2D eigenvalue weighted by atomic mass is 9.96. The topological polar surface area (TPSA) is 72.2 Å². The Kier molecular flexibility index (Phi) is 3.91. The van der Waals surface area contributed by atoms with Crippen LogP contribution in [0.1, 0.15) is 31.6 Å². The zero-order valence-corrected chi connectivity index (χ0v) is 12.5. The number of aromatic nitrogens is 4. The molecule has 6 nitrogen and oxygen atoms in total.